The molecule has 33 heavy (non-hydrogen) atoms. The van der Waals surface area contributed by atoms with Crippen LogP contribution in [0.5, 0.6) is 23.0 Å². The molecule has 0 aliphatic carbocycles. The topological polar surface area (TPSA) is 137 Å². The minimum absolute atomic E-state index is 0.0674. The largest absolute Gasteiger partial charge is 0.508 e. The maximum atomic E-state index is 12.6. The summed E-state index contributed by atoms with van der Waals surface area (Å²) in [6, 6.07) is 9.79. The van der Waals surface area contributed by atoms with E-state index in [4.69, 9.17) is 9.26 Å². The van der Waals surface area contributed by atoms with E-state index in [-0.39, 0.29) is 45.9 Å². The molecule has 0 atom stereocenters. The van der Waals surface area contributed by atoms with Crippen LogP contribution in [0.25, 0.3) is 11.3 Å². The molecule has 1 amide bonds. The second kappa shape index (κ2) is 9.70. The number of aromatic nitrogens is 1. The summed E-state index contributed by atoms with van der Waals surface area (Å²) >= 11 is 0. The lowest BCUT2D eigenvalue weighted by Crippen LogP contribution is -2.36. The number of nitroso groups, excluding NO2 is 1. The number of nitrogens with one attached hydrogen (secondary N) is 1. The Morgan fingerprint density at radius 2 is 1.94 bits per heavy atom. The van der Waals surface area contributed by atoms with Crippen LogP contribution in [0.2, 0.25) is 0 Å². The zero-order valence-electron chi connectivity index (χ0n) is 18.0. The van der Waals surface area contributed by atoms with Gasteiger partial charge in [0.2, 0.25) is 0 Å². The number of aromatic hydroxyl groups is 2. The lowest BCUT2D eigenvalue weighted by Gasteiger charge is -2.28. The van der Waals surface area contributed by atoms with Gasteiger partial charge in [0.25, 0.3) is 5.91 Å². The molecule has 1 aromatic heterocycles. The highest BCUT2D eigenvalue weighted by Crippen LogP contribution is 2.43. The van der Waals surface area contributed by atoms with Gasteiger partial charge in [-0.25, -0.2) is 0 Å². The number of amides is 1. The van der Waals surface area contributed by atoms with E-state index in [0.717, 1.165) is 32.0 Å². The molecule has 3 N–H and O–H groups in total. The molecule has 0 saturated carbocycles. The molecule has 0 bridgehead atoms. The van der Waals surface area contributed by atoms with E-state index in [2.05, 4.69) is 27.6 Å². The Balaban J connectivity index is 1.51. The van der Waals surface area contributed by atoms with Crippen molar-refractivity contribution in [3.05, 3.63) is 53.1 Å². The first-order valence-corrected chi connectivity index (χ1v) is 10.5. The number of piperidine rings is 1. The summed E-state index contributed by atoms with van der Waals surface area (Å²) < 4.78 is 11.1. The van der Waals surface area contributed by atoms with E-state index < -0.39 is 0 Å². The number of carbonyl (C=O) groups is 1. The van der Waals surface area contributed by atoms with Gasteiger partial charge in [-0.3, -0.25) is 4.79 Å². The van der Waals surface area contributed by atoms with E-state index >= 15 is 0 Å². The molecular formula is C23H24N4O6. The SMILES string of the molecule is CN1CCC(CNC(=O)c2cc(-c3c(O)cc(O)cc3Oc3ccc(N=O)cc3)on2)CC1. The van der Waals surface area contributed by atoms with Gasteiger partial charge >= 0.3 is 0 Å². The Bertz CT molecular complexity index is 1140. The van der Waals surface area contributed by atoms with E-state index in [1.165, 1.54) is 36.4 Å². The molecule has 1 fully saturated rings. The Labute approximate surface area is 189 Å². The van der Waals surface area contributed by atoms with Gasteiger partial charge in [0.1, 0.15) is 34.2 Å². The van der Waals surface area contributed by atoms with E-state index in [0.29, 0.717) is 18.2 Å². The van der Waals surface area contributed by atoms with Crippen LogP contribution in [0, 0.1) is 10.8 Å². The number of hydrogen-bond acceptors (Lipinski definition) is 9. The second-order valence-corrected chi connectivity index (χ2v) is 8.06. The Hall–Kier alpha value is -3.92. The highest BCUT2D eigenvalue weighted by molar-refractivity contribution is 5.93. The first-order valence-electron chi connectivity index (χ1n) is 10.5. The Morgan fingerprint density at radius 1 is 1.21 bits per heavy atom. The fraction of sp³-hybridized carbons (Fsp3) is 0.304. The molecule has 0 unspecified atom stereocenters. The molecule has 1 aliphatic heterocycles. The molecule has 4 rings (SSSR count). The van der Waals surface area contributed by atoms with Crippen molar-refractivity contribution < 1.29 is 24.3 Å². The molecule has 0 spiro atoms. The Kier molecular flexibility index (Phi) is 6.55. The fourth-order valence-electron chi connectivity index (χ4n) is 3.71. The molecule has 1 aliphatic rings. The number of ether oxygens (including phenoxy) is 1. The molecule has 3 aromatic rings. The van der Waals surface area contributed by atoms with E-state index in [9.17, 15) is 19.9 Å². The fourth-order valence-corrected chi connectivity index (χ4v) is 3.71. The van der Waals surface area contributed by atoms with Gasteiger partial charge in [0.05, 0.1) is 0 Å². The molecule has 2 heterocycles. The van der Waals surface area contributed by atoms with Gasteiger partial charge in [-0.15, -0.1) is 4.91 Å². The number of carbonyl (C=O) groups excluding carboxylic acids is 1. The van der Waals surface area contributed by atoms with Crippen molar-refractivity contribution in [3.63, 3.8) is 0 Å². The quantitative estimate of drug-likeness (QED) is 0.457. The second-order valence-electron chi connectivity index (χ2n) is 8.06. The summed E-state index contributed by atoms with van der Waals surface area (Å²) in [5, 5.41) is 29.9. The summed E-state index contributed by atoms with van der Waals surface area (Å²) in [5.41, 5.74) is 0.414. The number of hydrogen-bond donors (Lipinski definition) is 3. The highest BCUT2D eigenvalue weighted by atomic mass is 16.5. The van der Waals surface area contributed by atoms with Crippen molar-refractivity contribution in [3.8, 4) is 34.3 Å². The molecule has 10 nitrogen and oxygen atoms in total. The minimum Gasteiger partial charge on any atom is -0.508 e. The number of nitrogens with zero attached hydrogens (tertiary/aromatic N) is 3. The number of rotatable bonds is 7. The zero-order chi connectivity index (χ0) is 23.4. The number of likely N-dealkylation sites (tertiary alicyclic amines) is 1. The predicted molar refractivity (Wildman–Crippen MR) is 120 cm³/mol. The van der Waals surface area contributed by atoms with Crippen LogP contribution in [0.4, 0.5) is 5.69 Å². The average molecular weight is 452 g/mol. The van der Waals surface area contributed by atoms with Crippen LogP contribution in [-0.4, -0.2) is 52.9 Å². The van der Waals surface area contributed by atoms with E-state index in [1.807, 2.05) is 0 Å². The van der Waals surface area contributed by atoms with Crippen LogP contribution in [-0.2, 0) is 0 Å². The van der Waals surface area contributed by atoms with Crippen molar-refractivity contribution in [2.45, 2.75) is 12.8 Å². The van der Waals surface area contributed by atoms with Crippen molar-refractivity contribution >= 4 is 11.6 Å². The average Bonchev–Trinajstić information content (AvgIpc) is 3.28. The van der Waals surface area contributed by atoms with E-state index in [1.54, 1.807) is 0 Å². The summed E-state index contributed by atoms with van der Waals surface area (Å²) in [7, 11) is 2.08. The molecule has 172 valence electrons. The smallest absolute Gasteiger partial charge is 0.273 e. The third kappa shape index (κ3) is 5.29. The van der Waals surface area contributed by atoms with Gasteiger partial charge in [-0.05, 0) is 68.3 Å². The summed E-state index contributed by atoms with van der Waals surface area (Å²) in [6.45, 7) is 2.57. The third-order valence-corrected chi connectivity index (χ3v) is 5.61. The highest BCUT2D eigenvalue weighted by Gasteiger charge is 2.23. The van der Waals surface area contributed by atoms with Crippen LogP contribution in [0.1, 0.15) is 23.3 Å². The maximum absolute atomic E-state index is 12.6. The summed E-state index contributed by atoms with van der Waals surface area (Å²) in [4.78, 5) is 25.4. The summed E-state index contributed by atoms with van der Waals surface area (Å²) in [6.07, 6.45) is 2.04. The number of phenolic OH excluding ortho intramolecular Hbond substituents is 2. The van der Waals surface area contributed by atoms with Crippen molar-refractivity contribution in [1.29, 1.82) is 0 Å². The standard InChI is InChI=1S/C23H24N4O6/c1-27-8-6-14(7-9-27)13-24-23(30)18-12-21(33-26-18)22-19(29)10-16(28)11-20(22)32-17-4-2-15(25-31)3-5-17/h2-5,10-12,14,28-29H,6-9,13H2,1H3,(H,24,30). The number of benzene rings is 2. The monoisotopic (exact) mass is 452 g/mol. The molecule has 2 aromatic carbocycles. The minimum atomic E-state index is -0.374. The normalized spacial score (nSPS) is 14.7. The lowest BCUT2D eigenvalue weighted by molar-refractivity contribution is 0.0930. The molecule has 10 heteroatoms. The van der Waals surface area contributed by atoms with Gasteiger partial charge < -0.3 is 29.7 Å². The Morgan fingerprint density at radius 3 is 2.64 bits per heavy atom. The van der Waals surface area contributed by atoms with Crippen LogP contribution in [0.15, 0.2) is 52.2 Å². The predicted octanol–water partition coefficient (Wildman–Crippen LogP) is 4.01. The van der Waals surface area contributed by atoms with Crippen molar-refractivity contribution in [2.75, 3.05) is 26.7 Å². The van der Waals surface area contributed by atoms with Crippen LogP contribution >= 0.6 is 0 Å². The van der Waals surface area contributed by atoms with Gasteiger partial charge in [-0.1, -0.05) is 5.16 Å². The summed E-state index contributed by atoms with van der Waals surface area (Å²) in [5.74, 6) is 0.00913. The first-order chi connectivity index (χ1) is 15.9. The lowest BCUT2D eigenvalue weighted by atomic mass is 9.97. The first kappa shape index (κ1) is 22.3. The molecule has 0 radical (unpaired) electrons. The van der Waals surface area contributed by atoms with Crippen molar-refractivity contribution in [2.24, 2.45) is 11.1 Å². The molecule has 1 saturated heterocycles. The maximum Gasteiger partial charge on any atom is 0.273 e. The third-order valence-electron chi connectivity index (χ3n) is 5.61. The van der Waals surface area contributed by atoms with Crippen LogP contribution < -0.4 is 10.1 Å². The van der Waals surface area contributed by atoms with Crippen molar-refractivity contribution in [1.82, 2.24) is 15.4 Å². The number of phenols is 2. The van der Waals surface area contributed by atoms with Gasteiger partial charge in [0.15, 0.2) is 11.5 Å². The van der Waals surface area contributed by atoms with Crippen LogP contribution in [0.3, 0.4) is 0 Å². The zero-order valence-corrected chi connectivity index (χ0v) is 18.0. The molecular weight excluding hydrogens is 428 g/mol. The van der Waals surface area contributed by atoms with Gasteiger partial charge in [0, 0.05) is 24.7 Å². The van der Waals surface area contributed by atoms with Gasteiger partial charge in [-0.2, -0.15) is 0 Å².